The molecule has 2 amide bonds. The highest BCUT2D eigenvalue weighted by Crippen LogP contribution is 2.15. The second-order valence-electron chi connectivity index (χ2n) is 5.91. The second kappa shape index (κ2) is 8.10. The highest BCUT2D eigenvalue weighted by Gasteiger charge is 2.22. The Morgan fingerprint density at radius 1 is 1.22 bits per heavy atom. The summed E-state index contributed by atoms with van der Waals surface area (Å²) in [5.74, 6) is 0.996. The van der Waals surface area contributed by atoms with E-state index >= 15 is 0 Å². The van der Waals surface area contributed by atoms with E-state index in [2.05, 4.69) is 15.4 Å². The number of carbonyl (C=O) groups excluding carboxylic acids is 2. The molecule has 0 atom stereocenters. The molecule has 1 N–H and O–H groups in total. The average molecular weight is 322 g/mol. The van der Waals surface area contributed by atoms with Crippen molar-refractivity contribution in [3.8, 4) is 0 Å². The first-order valence-corrected chi connectivity index (χ1v) is 8.19. The van der Waals surface area contributed by atoms with Crippen LogP contribution in [-0.4, -0.2) is 66.0 Å². The third kappa shape index (κ3) is 4.79. The van der Waals surface area contributed by atoms with Gasteiger partial charge in [0.05, 0.1) is 12.2 Å². The lowest BCUT2D eigenvalue weighted by Gasteiger charge is -2.34. The highest BCUT2D eigenvalue weighted by atomic mass is 16.5. The van der Waals surface area contributed by atoms with E-state index in [1.165, 1.54) is 0 Å². The number of piperazine rings is 1. The predicted molar refractivity (Wildman–Crippen MR) is 86.0 cm³/mol. The number of rotatable bonds is 6. The zero-order valence-corrected chi connectivity index (χ0v) is 14.2. The summed E-state index contributed by atoms with van der Waals surface area (Å²) in [6, 6.07) is 0. The van der Waals surface area contributed by atoms with Gasteiger partial charge >= 0.3 is 0 Å². The van der Waals surface area contributed by atoms with Gasteiger partial charge < -0.3 is 14.7 Å². The molecule has 2 heterocycles. The van der Waals surface area contributed by atoms with Gasteiger partial charge in [0, 0.05) is 44.7 Å². The van der Waals surface area contributed by atoms with Crippen LogP contribution >= 0.6 is 0 Å². The molecule has 23 heavy (non-hydrogen) atoms. The molecule has 0 bridgehead atoms. The van der Waals surface area contributed by atoms with Gasteiger partial charge in [-0.15, -0.1) is 0 Å². The third-order valence-corrected chi connectivity index (χ3v) is 4.24. The summed E-state index contributed by atoms with van der Waals surface area (Å²) in [6.45, 7) is 9.60. The molecule has 0 unspecified atom stereocenters. The van der Waals surface area contributed by atoms with Gasteiger partial charge in [0.25, 0.3) is 0 Å². The normalized spacial score (nSPS) is 15.7. The van der Waals surface area contributed by atoms with Crippen LogP contribution in [0.3, 0.4) is 0 Å². The molecule has 7 heteroatoms. The van der Waals surface area contributed by atoms with Gasteiger partial charge in [0.2, 0.25) is 11.8 Å². The quantitative estimate of drug-likeness (QED) is 0.825. The minimum absolute atomic E-state index is 0.0469. The van der Waals surface area contributed by atoms with E-state index in [9.17, 15) is 9.59 Å². The van der Waals surface area contributed by atoms with E-state index in [1.807, 2.05) is 25.7 Å². The number of likely N-dealkylation sites (N-methyl/N-ethyl adjacent to an activating group) is 1. The van der Waals surface area contributed by atoms with Crippen molar-refractivity contribution in [1.82, 2.24) is 20.3 Å². The first kappa shape index (κ1) is 17.5. The van der Waals surface area contributed by atoms with Gasteiger partial charge in [-0.1, -0.05) is 5.16 Å². The Kier molecular flexibility index (Phi) is 6.15. The third-order valence-electron chi connectivity index (χ3n) is 4.24. The van der Waals surface area contributed by atoms with Crippen LogP contribution < -0.4 is 5.32 Å². The maximum absolute atomic E-state index is 12.3. The van der Waals surface area contributed by atoms with Crippen LogP contribution in [0.25, 0.3) is 0 Å². The lowest BCUT2D eigenvalue weighted by molar-refractivity contribution is -0.133. The molecule has 1 fully saturated rings. The maximum Gasteiger partial charge on any atom is 0.234 e. The molecule has 7 nitrogen and oxygen atoms in total. The van der Waals surface area contributed by atoms with Gasteiger partial charge in [-0.05, 0) is 27.2 Å². The Balaban J connectivity index is 1.74. The topological polar surface area (TPSA) is 78.7 Å². The van der Waals surface area contributed by atoms with E-state index in [0.29, 0.717) is 39.0 Å². The molecule has 0 saturated carbocycles. The lowest BCUT2D eigenvalue weighted by atomic mass is 10.1. The molecular formula is C16H26N4O3. The second-order valence-corrected chi connectivity index (χ2v) is 5.91. The van der Waals surface area contributed by atoms with Crippen molar-refractivity contribution in [2.75, 3.05) is 39.3 Å². The number of amides is 2. The highest BCUT2D eigenvalue weighted by molar-refractivity contribution is 5.78. The van der Waals surface area contributed by atoms with Crippen molar-refractivity contribution in [1.29, 1.82) is 0 Å². The largest absolute Gasteiger partial charge is 0.361 e. The smallest absolute Gasteiger partial charge is 0.234 e. The molecule has 1 aliphatic heterocycles. The zero-order valence-electron chi connectivity index (χ0n) is 14.2. The SMILES string of the molecule is CCNC(=O)CN1CCN(C(=O)CCc2c(C)noc2C)CC1. The predicted octanol–water partition coefficient (Wildman–Crippen LogP) is 0.504. The molecule has 1 aliphatic rings. The molecule has 1 saturated heterocycles. The fraction of sp³-hybridized carbons (Fsp3) is 0.688. The van der Waals surface area contributed by atoms with Gasteiger partial charge in [0.15, 0.2) is 0 Å². The summed E-state index contributed by atoms with van der Waals surface area (Å²) in [5.41, 5.74) is 1.90. The summed E-state index contributed by atoms with van der Waals surface area (Å²) in [6.07, 6.45) is 1.14. The standard InChI is InChI=1S/C16H26N4O3/c1-4-17-15(21)11-19-7-9-20(10-8-19)16(22)6-5-14-12(2)18-23-13(14)3/h4-11H2,1-3H3,(H,17,21). The van der Waals surface area contributed by atoms with Crippen LogP contribution in [-0.2, 0) is 16.0 Å². The number of carbonyl (C=O) groups is 2. The Morgan fingerprint density at radius 3 is 2.48 bits per heavy atom. The van der Waals surface area contributed by atoms with E-state index in [-0.39, 0.29) is 11.8 Å². The number of hydrogen-bond acceptors (Lipinski definition) is 5. The molecule has 0 radical (unpaired) electrons. The van der Waals surface area contributed by atoms with Gasteiger partial charge in [-0.3, -0.25) is 14.5 Å². The molecule has 1 aromatic rings. The van der Waals surface area contributed by atoms with Crippen LogP contribution in [0, 0.1) is 13.8 Å². The zero-order chi connectivity index (χ0) is 16.8. The summed E-state index contributed by atoms with van der Waals surface area (Å²) in [4.78, 5) is 27.9. The molecule has 0 spiro atoms. The summed E-state index contributed by atoms with van der Waals surface area (Å²) in [5, 5.41) is 6.71. The Labute approximate surface area is 137 Å². The van der Waals surface area contributed by atoms with Crippen molar-refractivity contribution in [2.24, 2.45) is 0 Å². The lowest BCUT2D eigenvalue weighted by Crippen LogP contribution is -2.51. The Hall–Kier alpha value is -1.89. The molecule has 0 aliphatic carbocycles. The number of hydrogen-bond donors (Lipinski definition) is 1. The van der Waals surface area contributed by atoms with Crippen LogP contribution in [0.2, 0.25) is 0 Å². The van der Waals surface area contributed by atoms with Crippen molar-refractivity contribution >= 4 is 11.8 Å². The molecule has 2 rings (SSSR count). The Bertz CT molecular complexity index is 528. The van der Waals surface area contributed by atoms with Crippen LogP contribution in [0.5, 0.6) is 0 Å². The monoisotopic (exact) mass is 322 g/mol. The maximum atomic E-state index is 12.3. The summed E-state index contributed by atoms with van der Waals surface area (Å²) >= 11 is 0. The van der Waals surface area contributed by atoms with Crippen LogP contribution in [0.1, 0.15) is 30.4 Å². The van der Waals surface area contributed by atoms with Crippen molar-refractivity contribution in [2.45, 2.75) is 33.6 Å². The van der Waals surface area contributed by atoms with E-state index in [0.717, 1.165) is 30.1 Å². The first-order chi connectivity index (χ1) is 11.0. The Morgan fingerprint density at radius 2 is 1.91 bits per heavy atom. The van der Waals surface area contributed by atoms with E-state index in [1.54, 1.807) is 0 Å². The van der Waals surface area contributed by atoms with E-state index < -0.39 is 0 Å². The average Bonchev–Trinajstić information content (AvgIpc) is 2.84. The van der Waals surface area contributed by atoms with Crippen LogP contribution in [0.4, 0.5) is 0 Å². The number of nitrogens with one attached hydrogen (secondary N) is 1. The molecule has 128 valence electrons. The summed E-state index contributed by atoms with van der Waals surface area (Å²) < 4.78 is 5.12. The fourth-order valence-corrected chi connectivity index (χ4v) is 2.86. The van der Waals surface area contributed by atoms with Crippen molar-refractivity contribution in [3.05, 3.63) is 17.0 Å². The number of aromatic nitrogens is 1. The molecule has 1 aromatic heterocycles. The van der Waals surface area contributed by atoms with Gasteiger partial charge in [0.1, 0.15) is 5.76 Å². The first-order valence-electron chi connectivity index (χ1n) is 8.19. The molecule has 0 aromatic carbocycles. The van der Waals surface area contributed by atoms with Crippen molar-refractivity contribution in [3.63, 3.8) is 0 Å². The van der Waals surface area contributed by atoms with Gasteiger partial charge in [-0.25, -0.2) is 0 Å². The van der Waals surface area contributed by atoms with E-state index in [4.69, 9.17) is 4.52 Å². The van der Waals surface area contributed by atoms with Gasteiger partial charge in [-0.2, -0.15) is 0 Å². The number of nitrogens with zero attached hydrogens (tertiary/aromatic N) is 3. The van der Waals surface area contributed by atoms with Crippen LogP contribution in [0.15, 0.2) is 4.52 Å². The van der Waals surface area contributed by atoms with Crippen molar-refractivity contribution < 1.29 is 14.1 Å². The molecular weight excluding hydrogens is 296 g/mol. The minimum atomic E-state index is 0.0469. The summed E-state index contributed by atoms with van der Waals surface area (Å²) in [7, 11) is 0. The minimum Gasteiger partial charge on any atom is -0.361 e. The fourth-order valence-electron chi connectivity index (χ4n) is 2.86. The number of aryl methyl sites for hydroxylation is 2.